The van der Waals surface area contributed by atoms with Gasteiger partial charge in [0.2, 0.25) is 0 Å². The van der Waals surface area contributed by atoms with Gasteiger partial charge in [-0.1, -0.05) is 5.16 Å². The van der Waals surface area contributed by atoms with Crippen LogP contribution < -0.4 is 10.6 Å². The number of hydrogen-bond acceptors (Lipinski definition) is 4. The van der Waals surface area contributed by atoms with Crippen LogP contribution in [-0.2, 0) is 6.42 Å². The molecule has 1 fully saturated rings. The summed E-state index contributed by atoms with van der Waals surface area (Å²) in [4.78, 5) is 11.7. The number of nitrogens with one attached hydrogen (secondary N) is 2. The third-order valence-corrected chi connectivity index (χ3v) is 3.04. The van der Waals surface area contributed by atoms with Crippen LogP contribution in [0.25, 0.3) is 0 Å². The molecule has 0 aliphatic carbocycles. The quantitative estimate of drug-likeness (QED) is 0.699. The second-order valence-corrected chi connectivity index (χ2v) is 4.02. The van der Waals surface area contributed by atoms with Crippen molar-refractivity contribution < 1.29 is 9.32 Å². The third kappa shape index (κ3) is 1.34. The van der Waals surface area contributed by atoms with Crippen LogP contribution in [-0.4, -0.2) is 24.2 Å². The van der Waals surface area contributed by atoms with Crippen molar-refractivity contribution >= 4 is 5.91 Å². The van der Waals surface area contributed by atoms with Crippen molar-refractivity contribution in [1.82, 2.24) is 15.8 Å². The Bertz CT molecular complexity index is 393. The Labute approximate surface area is 87.2 Å². The molecular weight excluding hydrogens is 194 g/mol. The number of amides is 1. The Kier molecular flexibility index (Phi) is 1.98. The average molecular weight is 207 g/mol. The van der Waals surface area contributed by atoms with Crippen molar-refractivity contribution in [3.05, 3.63) is 17.0 Å². The number of aromatic nitrogens is 1. The van der Waals surface area contributed by atoms with E-state index in [9.17, 15) is 4.79 Å². The first-order chi connectivity index (χ1) is 7.36. The van der Waals surface area contributed by atoms with E-state index in [2.05, 4.69) is 15.8 Å². The van der Waals surface area contributed by atoms with E-state index in [4.69, 9.17) is 4.52 Å². The molecule has 15 heavy (non-hydrogen) atoms. The predicted molar refractivity (Wildman–Crippen MR) is 52.5 cm³/mol. The molecule has 1 aromatic rings. The lowest BCUT2D eigenvalue weighted by atomic mass is 10.0. The minimum atomic E-state index is -0.0406. The van der Waals surface area contributed by atoms with Gasteiger partial charge in [-0.15, -0.1) is 0 Å². The van der Waals surface area contributed by atoms with Crippen LogP contribution in [0.1, 0.15) is 40.7 Å². The molecule has 0 aromatic carbocycles. The largest absolute Gasteiger partial charge is 0.360 e. The van der Waals surface area contributed by atoms with Gasteiger partial charge in [-0.3, -0.25) is 4.79 Å². The van der Waals surface area contributed by atoms with E-state index >= 15 is 0 Å². The SMILES string of the molecule is O=C1NCCc2onc(C3CCCN3)c21. The highest BCUT2D eigenvalue weighted by molar-refractivity contribution is 5.97. The molecule has 5 heteroatoms. The average Bonchev–Trinajstić information content (AvgIpc) is 2.85. The number of fused-ring (bicyclic) bond motifs is 1. The maximum Gasteiger partial charge on any atom is 0.256 e. The first-order valence-corrected chi connectivity index (χ1v) is 5.36. The monoisotopic (exact) mass is 207 g/mol. The van der Waals surface area contributed by atoms with Crippen LogP contribution in [0.15, 0.2) is 4.52 Å². The number of carbonyl (C=O) groups excluding carboxylic acids is 1. The summed E-state index contributed by atoms with van der Waals surface area (Å²) in [6, 6.07) is 0.196. The lowest BCUT2D eigenvalue weighted by Gasteiger charge is -2.13. The zero-order chi connectivity index (χ0) is 10.3. The molecule has 1 unspecified atom stereocenters. The van der Waals surface area contributed by atoms with E-state index in [1.165, 1.54) is 0 Å². The van der Waals surface area contributed by atoms with Crippen molar-refractivity contribution in [2.45, 2.75) is 25.3 Å². The van der Waals surface area contributed by atoms with Gasteiger partial charge in [-0.05, 0) is 19.4 Å². The molecule has 1 amide bonds. The Morgan fingerprint density at radius 1 is 1.40 bits per heavy atom. The summed E-state index contributed by atoms with van der Waals surface area (Å²) in [7, 11) is 0. The van der Waals surface area contributed by atoms with Gasteiger partial charge < -0.3 is 15.2 Å². The van der Waals surface area contributed by atoms with Crippen molar-refractivity contribution in [1.29, 1.82) is 0 Å². The zero-order valence-electron chi connectivity index (χ0n) is 8.38. The zero-order valence-corrected chi connectivity index (χ0v) is 8.38. The first kappa shape index (κ1) is 8.91. The normalized spacial score (nSPS) is 25.1. The smallest absolute Gasteiger partial charge is 0.256 e. The minimum absolute atomic E-state index is 0.0406. The predicted octanol–water partition coefficient (Wildman–Crippen LogP) is 0.385. The summed E-state index contributed by atoms with van der Waals surface area (Å²) in [6.45, 7) is 1.65. The van der Waals surface area contributed by atoms with E-state index in [1.54, 1.807) is 0 Å². The topological polar surface area (TPSA) is 67.2 Å². The molecule has 0 radical (unpaired) electrons. The highest BCUT2D eigenvalue weighted by atomic mass is 16.5. The van der Waals surface area contributed by atoms with Crippen LogP contribution in [0.4, 0.5) is 0 Å². The summed E-state index contributed by atoms with van der Waals surface area (Å²) in [6.07, 6.45) is 2.92. The van der Waals surface area contributed by atoms with Gasteiger partial charge in [0.15, 0.2) is 5.76 Å². The van der Waals surface area contributed by atoms with E-state index in [0.29, 0.717) is 12.1 Å². The highest BCUT2D eigenvalue weighted by Gasteiger charge is 2.31. The lowest BCUT2D eigenvalue weighted by Crippen LogP contribution is -2.32. The number of rotatable bonds is 1. The van der Waals surface area contributed by atoms with Gasteiger partial charge in [0.05, 0.1) is 6.04 Å². The standard InChI is InChI=1S/C10H13N3O2/c14-10-8-7(3-5-12-10)15-13-9(8)6-2-1-4-11-6/h6,11H,1-5H2,(H,12,14). The van der Waals surface area contributed by atoms with Gasteiger partial charge in [0.1, 0.15) is 11.3 Å². The lowest BCUT2D eigenvalue weighted by molar-refractivity contribution is 0.0941. The van der Waals surface area contributed by atoms with Crippen LogP contribution in [0, 0.1) is 0 Å². The third-order valence-electron chi connectivity index (χ3n) is 3.04. The molecule has 3 heterocycles. The van der Waals surface area contributed by atoms with Gasteiger partial charge in [-0.25, -0.2) is 0 Å². The Morgan fingerprint density at radius 2 is 2.33 bits per heavy atom. The fourth-order valence-electron chi connectivity index (χ4n) is 2.29. The van der Waals surface area contributed by atoms with E-state index < -0.39 is 0 Å². The maximum atomic E-state index is 11.7. The summed E-state index contributed by atoms with van der Waals surface area (Å²) in [5.74, 6) is 0.698. The molecule has 0 saturated carbocycles. The highest BCUT2D eigenvalue weighted by Crippen LogP contribution is 2.28. The molecule has 0 spiro atoms. The minimum Gasteiger partial charge on any atom is -0.360 e. The molecule has 1 saturated heterocycles. The van der Waals surface area contributed by atoms with Gasteiger partial charge >= 0.3 is 0 Å². The number of hydrogen-bond donors (Lipinski definition) is 2. The van der Waals surface area contributed by atoms with Gasteiger partial charge in [0, 0.05) is 13.0 Å². The molecule has 80 valence electrons. The van der Waals surface area contributed by atoms with E-state index in [-0.39, 0.29) is 11.9 Å². The maximum absolute atomic E-state index is 11.7. The molecule has 2 aliphatic rings. The van der Waals surface area contributed by atoms with Crippen molar-refractivity contribution in [3.63, 3.8) is 0 Å². The van der Waals surface area contributed by atoms with Gasteiger partial charge in [0.25, 0.3) is 5.91 Å². The van der Waals surface area contributed by atoms with Crippen molar-refractivity contribution in [2.75, 3.05) is 13.1 Å². The Balaban J connectivity index is 2.01. The second-order valence-electron chi connectivity index (χ2n) is 4.02. The number of nitrogens with zero attached hydrogens (tertiary/aromatic N) is 1. The summed E-state index contributed by atoms with van der Waals surface area (Å²) >= 11 is 0. The Hall–Kier alpha value is -1.36. The molecule has 2 aliphatic heterocycles. The van der Waals surface area contributed by atoms with Crippen LogP contribution in [0.5, 0.6) is 0 Å². The van der Waals surface area contributed by atoms with E-state index in [1.807, 2.05) is 0 Å². The second kappa shape index (κ2) is 3.34. The summed E-state index contributed by atoms with van der Waals surface area (Å²) < 4.78 is 5.22. The molecule has 1 aromatic heterocycles. The summed E-state index contributed by atoms with van der Waals surface area (Å²) in [5, 5.41) is 10.2. The first-order valence-electron chi connectivity index (χ1n) is 5.36. The fourth-order valence-corrected chi connectivity index (χ4v) is 2.29. The van der Waals surface area contributed by atoms with E-state index in [0.717, 1.165) is 37.3 Å². The fraction of sp³-hybridized carbons (Fsp3) is 0.600. The summed E-state index contributed by atoms with van der Waals surface area (Å²) in [5.41, 5.74) is 1.46. The molecule has 2 N–H and O–H groups in total. The molecule has 5 nitrogen and oxygen atoms in total. The van der Waals surface area contributed by atoms with Crippen molar-refractivity contribution in [3.8, 4) is 0 Å². The van der Waals surface area contributed by atoms with Gasteiger partial charge in [-0.2, -0.15) is 0 Å². The Morgan fingerprint density at radius 3 is 3.13 bits per heavy atom. The number of carbonyl (C=O) groups is 1. The van der Waals surface area contributed by atoms with Crippen LogP contribution in [0.3, 0.4) is 0 Å². The van der Waals surface area contributed by atoms with Crippen LogP contribution >= 0.6 is 0 Å². The molecule has 0 bridgehead atoms. The molecule has 3 rings (SSSR count). The van der Waals surface area contributed by atoms with Crippen LogP contribution in [0.2, 0.25) is 0 Å². The molecular formula is C10H13N3O2. The molecule has 1 atom stereocenters. The van der Waals surface area contributed by atoms with Crippen molar-refractivity contribution in [2.24, 2.45) is 0 Å².